The monoisotopic (exact) mass is 222 g/mol. The fraction of sp³-hybridized carbons (Fsp3) is 0.538. The second-order valence-electron chi connectivity index (χ2n) is 4.35. The summed E-state index contributed by atoms with van der Waals surface area (Å²) < 4.78 is 13.9. The van der Waals surface area contributed by atoms with Gasteiger partial charge in [-0.2, -0.15) is 0 Å². The molecule has 1 aromatic carbocycles. The molecule has 1 aliphatic heterocycles. The van der Waals surface area contributed by atoms with Crippen LogP contribution in [0.4, 0.5) is 10.1 Å². The summed E-state index contributed by atoms with van der Waals surface area (Å²) in [5.74, 6) is -0.134. The van der Waals surface area contributed by atoms with Crippen molar-refractivity contribution in [3.05, 3.63) is 29.6 Å². The van der Waals surface area contributed by atoms with Crippen molar-refractivity contribution >= 4 is 5.69 Å². The van der Waals surface area contributed by atoms with E-state index in [0.29, 0.717) is 6.54 Å². The van der Waals surface area contributed by atoms with Crippen LogP contribution in [0.2, 0.25) is 0 Å². The van der Waals surface area contributed by atoms with E-state index in [-0.39, 0.29) is 5.82 Å². The number of anilines is 1. The van der Waals surface area contributed by atoms with Crippen LogP contribution in [0.15, 0.2) is 18.2 Å². The van der Waals surface area contributed by atoms with E-state index in [0.717, 1.165) is 37.2 Å². The van der Waals surface area contributed by atoms with Crippen LogP contribution in [0.1, 0.15) is 31.2 Å². The molecule has 0 atom stereocenters. The zero-order valence-corrected chi connectivity index (χ0v) is 9.58. The summed E-state index contributed by atoms with van der Waals surface area (Å²) in [5.41, 5.74) is 7.32. The number of hydrogen-bond acceptors (Lipinski definition) is 2. The van der Waals surface area contributed by atoms with Crippen LogP contribution in [0.25, 0.3) is 0 Å². The van der Waals surface area contributed by atoms with Gasteiger partial charge in [-0.15, -0.1) is 0 Å². The van der Waals surface area contributed by atoms with E-state index < -0.39 is 0 Å². The van der Waals surface area contributed by atoms with E-state index in [9.17, 15) is 4.39 Å². The predicted molar refractivity (Wildman–Crippen MR) is 65.0 cm³/mol. The van der Waals surface area contributed by atoms with Gasteiger partial charge >= 0.3 is 0 Å². The molecule has 0 spiro atoms. The quantitative estimate of drug-likeness (QED) is 0.833. The van der Waals surface area contributed by atoms with Crippen molar-refractivity contribution in [1.29, 1.82) is 0 Å². The van der Waals surface area contributed by atoms with E-state index >= 15 is 0 Å². The smallest absolute Gasteiger partial charge is 0.146 e. The number of nitrogens with zero attached hydrogens (tertiary/aromatic N) is 1. The molecule has 0 radical (unpaired) electrons. The number of para-hydroxylation sites is 1. The van der Waals surface area contributed by atoms with Crippen LogP contribution < -0.4 is 10.6 Å². The summed E-state index contributed by atoms with van der Waals surface area (Å²) in [4.78, 5) is 2.16. The molecule has 0 aliphatic carbocycles. The Morgan fingerprint density at radius 3 is 2.44 bits per heavy atom. The molecule has 1 aliphatic rings. The highest BCUT2D eigenvalue weighted by molar-refractivity contribution is 5.55. The zero-order chi connectivity index (χ0) is 11.4. The molecule has 1 aromatic rings. The van der Waals surface area contributed by atoms with Crippen molar-refractivity contribution in [3.63, 3.8) is 0 Å². The minimum Gasteiger partial charge on any atom is -0.369 e. The van der Waals surface area contributed by atoms with Gasteiger partial charge in [0.05, 0.1) is 5.69 Å². The molecular weight excluding hydrogens is 203 g/mol. The summed E-state index contributed by atoms with van der Waals surface area (Å²) in [6, 6.07) is 5.18. The third-order valence-electron chi connectivity index (χ3n) is 3.21. The van der Waals surface area contributed by atoms with Gasteiger partial charge in [0.15, 0.2) is 0 Å². The summed E-state index contributed by atoms with van der Waals surface area (Å²) in [6.45, 7) is 2.31. The first-order valence-corrected chi connectivity index (χ1v) is 6.05. The molecule has 1 saturated heterocycles. The highest BCUT2D eigenvalue weighted by atomic mass is 19.1. The fourth-order valence-corrected chi connectivity index (χ4v) is 2.37. The Bertz CT molecular complexity index is 344. The molecule has 0 bridgehead atoms. The molecule has 1 heterocycles. The highest BCUT2D eigenvalue weighted by Gasteiger charge is 2.16. The van der Waals surface area contributed by atoms with Gasteiger partial charge in [0.1, 0.15) is 5.82 Å². The van der Waals surface area contributed by atoms with Crippen molar-refractivity contribution in [2.75, 3.05) is 18.0 Å². The maximum atomic E-state index is 13.9. The molecular formula is C13H19FN2. The van der Waals surface area contributed by atoms with Crippen LogP contribution in [-0.4, -0.2) is 13.1 Å². The largest absolute Gasteiger partial charge is 0.369 e. The zero-order valence-electron chi connectivity index (χ0n) is 9.58. The van der Waals surface area contributed by atoms with E-state index in [1.807, 2.05) is 6.07 Å². The second-order valence-corrected chi connectivity index (χ2v) is 4.35. The lowest BCUT2D eigenvalue weighted by Gasteiger charge is -2.25. The second kappa shape index (κ2) is 5.30. The van der Waals surface area contributed by atoms with Gasteiger partial charge in [-0.3, -0.25) is 0 Å². The van der Waals surface area contributed by atoms with Crippen molar-refractivity contribution in [3.8, 4) is 0 Å². The van der Waals surface area contributed by atoms with E-state index in [4.69, 9.17) is 5.73 Å². The molecule has 2 N–H and O–H groups in total. The molecule has 3 heteroatoms. The number of nitrogens with two attached hydrogens (primary N) is 1. The molecule has 1 fully saturated rings. The minimum absolute atomic E-state index is 0.134. The lowest BCUT2D eigenvalue weighted by Crippen LogP contribution is -2.26. The third-order valence-corrected chi connectivity index (χ3v) is 3.21. The Kier molecular flexibility index (Phi) is 3.78. The van der Waals surface area contributed by atoms with Crippen LogP contribution in [0.5, 0.6) is 0 Å². The maximum absolute atomic E-state index is 13.9. The van der Waals surface area contributed by atoms with Gasteiger partial charge < -0.3 is 10.6 Å². The summed E-state index contributed by atoms with van der Waals surface area (Å²) in [5, 5.41) is 0. The van der Waals surface area contributed by atoms with E-state index in [1.165, 1.54) is 18.9 Å². The van der Waals surface area contributed by atoms with E-state index in [2.05, 4.69) is 4.90 Å². The SMILES string of the molecule is NCc1cccc(F)c1N1CCCCCC1. The topological polar surface area (TPSA) is 29.3 Å². The van der Waals surface area contributed by atoms with Crippen LogP contribution in [0.3, 0.4) is 0 Å². The Morgan fingerprint density at radius 2 is 1.81 bits per heavy atom. The van der Waals surface area contributed by atoms with E-state index in [1.54, 1.807) is 6.07 Å². The van der Waals surface area contributed by atoms with Gasteiger partial charge in [0.2, 0.25) is 0 Å². The minimum atomic E-state index is -0.134. The Morgan fingerprint density at radius 1 is 1.12 bits per heavy atom. The molecule has 2 rings (SSSR count). The van der Waals surface area contributed by atoms with Crippen LogP contribution >= 0.6 is 0 Å². The normalized spacial score (nSPS) is 17.2. The number of hydrogen-bond donors (Lipinski definition) is 1. The van der Waals surface area contributed by atoms with Gasteiger partial charge in [-0.05, 0) is 24.5 Å². The highest BCUT2D eigenvalue weighted by Crippen LogP contribution is 2.26. The molecule has 16 heavy (non-hydrogen) atoms. The Hall–Kier alpha value is -1.09. The van der Waals surface area contributed by atoms with Crippen molar-refractivity contribution < 1.29 is 4.39 Å². The van der Waals surface area contributed by atoms with Crippen LogP contribution in [0, 0.1) is 5.82 Å². The average molecular weight is 222 g/mol. The third kappa shape index (κ3) is 2.35. The lowest BCUT2D eigenvalue weighted by molar-refractivity contribution is 0.613. The first-order valence-electron chi connectivity index (χ1n) is 6.05. The van der Waals surface area contributed by atoms with Gasteiger partial charge in [-0.25, -0.2) is 4.39 Å². The molecule has 0 aromatic heterocycles. The molecule has 88 valence electrons. The number of halogens is 1. The lowest BCUT2D eigenvalue weighted by atomic mass is 10.1. The summed E-state index contributed by atoms with van der Waals surface area (Å²) >= 11 is 0. The maximum Gasteiger partial charge on any atom is 0.146 e. The predicted octanol–water partition coefficient (Wildman–Crippen LogP) is 2.66. The Balaban J connectivity index is 2.29. The van der Waals surface area contributed by atoms with Crippen molar-refractivity contribution in [2.45, 2.75) is 32.2 Å². The Labute approximate surface area is 96.2 Å². The number of rotatable bonds is 2. The van der Waals surface area contributed by atoms with Crippen molar-refractivity contribution in [1.82, 2.24) is 0 Å². The summed E-state index contributed by atoms with van der Waals surface area (Å²) in [6.07, 6.45) is 4.81. The number of benzene rings is 1. The molecule has 0 unspecified atom stereocenters. The summed E-state index contributed by atoms with van der Waals surface area (Å²) in [7, 11) is 0. The van der Waals surface area contributed by atoms with Crippen LogP contribution in [-0.2, 0) is 6.54 Å². The van der Waals surface area contributed by atoms with Crippen molar-refractivity contribution in [2.24, 2.45) is 5.73 Å². The standard InChI is InChI=1S/C13H19FN2/c14-12-7-5-6-11(10-15)13(12)16-8-3-1-2-4-9-16/h5-7H,1-4,8-10,15H2. The van der Waals surface area contributed by atoms with Gasteiger partial charge in [0, 0.05) is 19.6 Å². The fourth-order valence-electron chi connectivity index (χ4n) is 2.37. The molecule has 2 nitrogen and oxygen atoms in total. The molecule has 0 amide bonds. The first kappa shape index (κ1) is 11.4. The van der Waals surface area contributed by atoms with Gasteiger partial charge in [-0.1, -0.05) is 25.0 Å². The average Bonchev–Trinajstić information content (AvgIpc) is 2.57. The molecule has 0 saturated carbocycles. The first-order chi connectivity index (χ1) is 7.83. The van der Waals surface area contributed by atoms with Gasteiger partial charge in [0.25, 0.3) is 0 Å².